The number of hydrogen-bond donors (Lipinski definition) is 2. The summed E-state index contributed by atoms with van der Waals surface area (Å²) in [6.07, 6.45) is 1.87. The van der Waals surface area contributed by atoms with Gasteiger partial charge in [-0.1, -0.05) is 42.5 Å². The highest BCUT2D eigenvalue weighted by Crippen LogP contribution is 1.99. The lowest BCUT2D eigenvalue weighted by atomic mass is 10.2. The molecule has 0 fully saturated rings. The van der Waals surface area contributed by atoms with E-state index in [4.69, 9.17) is 10.5 Å². The number of benzene rings is 1. The van der Waals surface area contributed by atoms with E-state index < -0.39 is 0 Å². The molecule has 1 rings (SSSR count). The van der Waals surface area contributed by atoms with Gasteiger partial charge in [-0.05, 0) is 25.3 Å². The van der Waals surface area contributed by atoms with Gasteiger partial charge in [0.1, 0.15) is 0 Å². The molecule has 0 heterocycles. The highest BCUT2D eigenvalue weighted by Gasteiger charge is 1.94. The molecule has 0 spiro atoms. The van der Waals surface area contributed by atoms with Gasteiger partial charge in [-0.2, -0.15) is 0 Å². The Morgan fingerprint density at radius 3 is 2.67 bits per heavy atom. The van der Waals surface area contributed by atoms with Gasteiger partial charge >= 0.3 is 0 Å². The molecule has 21 heavy (non-hydrogen) atoms. The maximum atomic E-state index is 5.70. The average Bonchev–Trinajstić information content (AvgIpc) is 2.45. The maximum absolute atomic E-state index is 5.70. The van der Waals surface area contributed by atoms with Crippen LogP contribution in [-0.2, 0) is 11.2 Å². The zero-order valence-corrected chi connectivity index (χ0v) is 15.0. The molecule has 0 aliphatic carbocycles. The number of nitrogens with zero attached hydrogens (tertiary/aromatic N) is 1. The third-order valence-corrected chi connectivity index (χ3v) is 2.67. The third kappa shape index (κ3) is 11.3. The Bertz CT molecular complexity index is 421. The van der Waals surface area contributed by atoms with Crippen molar-refractivity contribution in [3.63, 3.8) is 0 Å². The largest absolute Gasteiger partial charge is 0.381 e. The molecule has 0 saturated carbocycles. The number of guanidine groups is 1. The first kappa shape index (κ1) is 19.9. The van der Waals surface area contributed by atoms with E-state index in [0.717, 1.165) is 38.2 Å². The summed E-state index contributed by atoms with van der Waals surface area (Å²) in [4.78, 5) is 4.14. The quantitative estimate of drug-likeness (QED) is 0.219. The van der Waals surface area contributed by atoms with Crippen LogP contribution in [0.2, 0.25) is 0 Å². The number of rotatable bonds is 9. The Morgan fingerprint density at radius 2 is 2.00 bits per heavy atom. The lowest BCUT2D eigenvalue weighted by molar-refractivity contribution is 0.135. The van der Waals surface area contributed by atoms with Gasteiger partial charge in [0, 0.05) is 13.2 Å². The minimum Gasteiger partial charge on any atom is -0.381 e. The number of hydrogen-bond acceptors (Lipinski definition) is 2. The summed E-state index contributed by atoms with van der Waals surface area (Å²) >= 11 is 0. The summed E-state index contributed by atoms with van der Waals surface area (Å²) < 4.78 is 5.58. The van der Waals surface area contributed by atoms with Crippen LogP contribution in [0.4, 0.5) is 0 Å². The first-order valence-corrected chi connectivity index (χ1v) is 6.98. The zero-order valence-electron chi connectivity index (χ0n) is 12.7. The predicted molar refractivity (Wildman–Crippen MR) is 100 cm³/mol. The van der Waals surface area contributed by atoms with Gasteiger partial charge in [-0.15, -0.1) is 24.0 Å². The Kier molecular flexibility index (Phi) is 12.0. The molecular weight excluding hydrogens is 377 g/mol. The molecule has 0 atom stereocenters. The van der Waals surface area contributed by atoms with E-state index in [-0.39, 0.29) is 24.0 Å². The summed E-state index contributed by atoms with van der Waals surface area (Å²) in [5.74, 6) is 0.470. The minimum absolute atomic E-state index is 0. The maximum Gasteiger partial charge on any atom is 0.188 e. The fourth-order valence-corrected chi connectivity index (χ4v) is 1.60. The Morgan fingerprint density at radius 1 is 1.29 bits per heavy atom. The summed E-state index contributed by atoms with van der Waals surface area (Å²) in [6, 6.07) is 10.3. The highest BCUT2D eigenvalue weighted by molar-refractivity contribution is 14.0. The van der Waals surface area contributed by atoms with Crippen LogP contribution in [0.15, 0.2) is 47.5 Å². The Balaban J connectivity index is 0.00000400. The number of halogens is 1. The van der Waals surface area contributed by atoms with Crippen molar-refractivity contribution in [2.45, 2.75) is 19.8 Å². The molecule has 3 N–H and O–H groups in total. The fraction of sp³-hybridized carbons (Fsp3) is 0.438. The molecule has 118 valence electrons. The van der Waals surface area contributed by atoms with E-state index in [2.05, 4.69) is 29.0 Å². The molecule has 1 aromatic rings. The monoisotopic (exact) mass is 403 g/mol. The second-order valence-corrected chi connectivity index (χ2v) is 4.79. The smallest absolute Gasteiger partial charge is 0.188 e. The van der Waals surface area contributed by atoms with Crippen molar-refractivity contribution in [1.82, 2.24) is 5.32 Å². The van der Waals surface area contributed by atoms with Crippen molar-refractivity contribution in [3.8, 4) is 0 Å². The van der Waals surface area contributed by atoms with Crippen LogP contribution in [0.5, 0.6) is 0 Å². The molecule has 0 aliphatic heterocycles. The molecule has 5 heteroatoms. The average molecular weight is 403 g/mol. The van der Waals surface area contributed by atoms with Gasteiger partial charge in [0.2, 0.25) is 0 Å². The van der Waals surface area contributed by atoms with Crippen LogP contribution in [0.25, 0.3) is 0 Å². The van der Waals surface area contributed by atoms with Crippen LogP contribution in [0.1, 0.15) is 18.9 Å². The van der Waals surface area contributed by atoms with Gasteiger partial charge in [-0.25, -0.2) is 4.99 Å². The molecular formula is C16H26IN3O. The van der Waals surface area contributed by atoms with Crippen LogP contribution in [0, 0.1) is 0 Å². The van der Waals surface area contributed by atoms with Crippen molar-refractivity contribution in [3.05, 3.63) is 48.0 Å². The molecule has 4 nitrogen and oxygen atoms in total. The van der Waals surface area contributed by atoms with Crippen LogP contribution >= 0.6 is 24.0 Å². The molecule has 1 aromatic carbocycles. The van der Waals surface area contributed by atoms with E-state index in [0.29, 0.717) is 12.5 Å². The van der Waals surface area contributed by atoms with Gasteiger partial charge in [0.25, 0.3) is 0 Å². The molecule has 0 amide bonds. The van der Waals surface area contributed by atoms with E-state index in [1.54, 1.807) is 0 Å². The predicted octanol–water partition coefficient (Wildman–Crippen LogP) is 2.73. The number of aliphatic imine (C=N–C) groups is 1. The van der Waals surface area contributed by atoms with E-state index in [1.807, 2.05) is 25.1 Å². The first-order valence-electron chi connectivity index (χ1n) is 6.98. The number of nitrogens with one attached hydrogen (secondary N) is 1. The number of nitrogens with two attached hydrogens (primary N) is 1. The molecule has 0 radical (unpaired) electrons. The van der Waals surface area contributed by atoms with Crippen molar-refractivity contribution in [1.29, 1.82) is 0 Å². The van der Waals surface area contributed by atoms with Crippen molar-refractivity contribution in [2.24, 2.45) is 10.7 Å². The van der Waals surface area contributed by atoms with Gasteiger partial charge in [0.15, 0.2) is 5.96 Å². The SMILES string of the molecule is C=C(C)CN=C(N)NCCCOCCc1ccccc1.I. The van der Waals surface area contributed by atoms with E-state index in [1.165, 1.54) is 5.56 Å². The third-order valence-electron chi connectivity index (χ3n) is 2.67. The van der Waals surface area contributed by atoms with Crippen LogP contribution in [0.3, 0.4) is 0 Å². The Hall–Kier alpha value is -1.08. The topological polar surface area (TPSA) is 59.6 Å². The lowest BCUT2D eigenvalue weighted by Crippen LogP contribution is -2.33. The molecule has 0 unspecified atom stereocenters. The molecule has 0 bridgehead atoms. The molecule has 0 aromatic heterocycles. The summed E-state index contributed by atoms with van der Waals surface area (Å²) in [5.41, 5.74) is 8.00. The zero-order chi connectivity index (χ0) is 14.6. The second-order valence-electron chi connectivity index (χ2n) is 4.79. The summed E-state index contributed by atoms with van der Waals surface area (Å²) in [5, 5.41) is 3.05. The highest BCUT2D eigenvalue weighted by atomic mass is 127. The second kappa shape index (κ2) is 12.6. The number of ether oxygens (including phenoxy) is 1. The summed E-state index contributed by atoms with van der Waals surface area (Å²) in [6.45, 7) is 8.53. The van der Waals surface area contributed by atoms with Gasteiger partial charge < -0.3 is 15.8 Å². The van der Waals surface area contributed by atoms with Crippen molar-refractivity contribution in [2.75, 3.05) is 26.3 Å². The van der Waals surface area contributed by atoms with Gasteiger partial charge in [-0.3, -0.25) is 0 Å². The van der Waals surface area contributed by atoms with E-state index >= 15 is 0 Å². The Labute approximate surface area is 144 Å². The standard InChI is InChI=1S/C16H25N3O.HI/c1-14(2)13-19-16(17)18-10-6-11-20-12-9-15-7-4-3-5-8-15;/h3-5,7-8H,1,6,9-13H2,2H3,(H3,17,18,19);1H. The van der Waals surface area contributed by atoms with Crippen molar-refractivity contribution >= 4 is 29.9 Å². The molecule has 0 saturated heterocycles. The first-order chi connectivity index (χ1) is 9.68. The fourth-order valence-electron chi connectivity index (χ4n) is 1.60. The summed E-state index contributed by atoms with van der Waals surface area (Å²) in [7, 11) is 0. The van der Waals surface area contributed by atoms with Crippen LogP contribution < -0.4 is 11.1 Å². The minimum atomic E-state index is 0. The normalized spacial score (nSPS) is 10.8. The van der Waals surface area contributed by atoms with Gasteiger partial charge in [0.05, 0.1) is 13.2 Å². The van der Waals surface area contributed by atoms with Crippen molar-refractivity contribution < 1.29 is 4.74 Å². The van der Waals surface area contributed by atoms with Crippen LogP contribution in [-0.4, -0.2) is 32.3 Å². The molecule has 0 aliphatic rings. The van der Waals surface area contributed by atoms with E-state index in [9.17, 15) is 0 Å². The lowest BCUT2D eigenvalue weighted by Gasteiger charge is -2.07.